The number of carbonyl (C=O) groups is 1. The minimum atomic E-state index is -1.14. The first-order valence-electron chi connectivity index (χ1n) is 4.42. The zero-order valence-electron chi connectivity index (χ0n) is 9.13. The van der Waals surface area contributed by atoms with E-state index in [0.29, 0.717) is 21.7 Å². The monoisotopic (exact) mass is 289 g/mol. The Labute approximate surface area is 101 Å². The molecule has 0 spiro atoms. The Kier molecular flexibility index (Phi) is 4.00. The molecule has 1 rings (SSSR count). The predicted octanol–water partition coefficient (Wildman–Crippen LogP) is 2.86. The molecule has 0 aliphatic carbocycles. The molecule has 0 heterocycles. The van der Waals surface area contributed by atoms with Crippen molar-refractivity contribution in [2.24, 2.45) is 0 Å². The van der Waals surface area contributed by atoms with Gasteiger partial charge >= 0.3 is 6.09 Å². The first-order valence-corrected chi connectivity index (χ1v) is 5.21. The van der Waals surface area contributed by atoms with Crippen molar-refractivity contribution in [2.45, 2.75) is 6.92 Å². The molecule has 1 aromatic carbocycles. The molecule has 0 aliphatic heterocycles. The number of amides is 1. The van der Waals surface area contributed by atoms with E-state index in [2.05, 4.69) is 21.2 Å². The van der Waals surface area contributed by atoms with E-state index in [1.807, 2.05) is 6.92 Å². The molecular formula is C10H12BrNO4. The van der Waals surface area contributed by atoms with Gasteiger partial charge in [-0.15, -0.1) is 0 Å². The smallest absolute Gasteiger partial charge is 0.409 e. The molecule has 6 heteroatoms. The summed E-state index contributed by atoms with van der Waals surface area (Å²) in [5.41, 5.74) is 1.18. The van der Waals surface area contributed by atoms with Gasteiger partial charge in [-0.2, -0.15) is 0 Å². The van der Waals surface area contributed by atoms with E-state index >= 15 is 0 Å². The molecule has 0 aliphatic rings. The van der Waals surface area contributed by atoms with Crippen LogP contribution >= 0.6 is 15.9 Å². The molecule has 0 fully saturated rings. The summed E-state index contributed by atoms with van der Waals surface area (Å²) in [6, 6.07) is 1.59. The molecule has 1 amide bonds. The molecule has 0 bridgehead atoms. The first-order chi connectivity index (χ1) is 7.51. The van der Waals surface area contributed by atoms with Crippen molar-refractivity contribution in [1.29, 1.82) is 0 Å². The Balaban J connectivity index is 3.34. The first kappa shape index (κ1) is 12.6. The van der Waals surface area contributed by atoms with Crippen molar-refractivity contribution in [3.63, 3.8) is 0 Å². The molecule has 88 valence electrons. The second kappa shape index (κ2) is 5.07. The minimum absolute atomic E-state index is 0.381. The van der Waals surface area contributed by atoms with Crippen LogP contribution in [0.15, 0.2) is 10.5 Å². The van der Waals surface area contributed by atoms with Crippen molar-refractivity contribution >= 4 is 27.7 Å². The van der Waals surface area contributed by atoms with E-state index in [4.69, 9.17) is 14.6 Å². The van der Waals surface area contributed by atoms with Gasteiger partial charge in [-0.3, -0.25) is 5.32 Å². The lowest BCUT2D eigenvalue weighted by Gasteiger charge is -2.15. The molecule has 2 N–H and O–H groups in total. The fourth-order valence-corrected chi connectivity index (χ4v) is 2.04. The van der Waals surface area contributed by atoms with E-state index in [-0.39, 0.29) is 0 Å². The third-order valence-electron chi connectivity index (χ3n) is 2.09. The number of ether oxygens (including phenoxy) is 2. The molecule has 0 saturated heterocycles. The molecule has 0 saturated carbocycles. The number of methoxy groups -OCH3 is 2. The Morgan fingerprint density at radius 2 is 2.06 bits per heavy atom. The second-order valence-electron chi connectivity index (χ2n) is 3.03. The Morgan fingerprint density at radius 3 is 2.50 bits per heavy atom. The summed E-state index contributed by atoms with van der Waals surface area (Å²) in [5.74, 6) is 1.10. The highest BCUT2D eigenvalue weighted by atomic mass is 79.9. The van der Waals surface area contributed by atoms with E-state index in [1.54, 1.807) is 6.07 Å². The topological polar surface area (TPSA) is 67.8 Å². The molecule has 0 radical (unpaired) electrons. The summed E-state index contributed by atoms with van der Waals surface area (Å²) in [6.45, 7) is 1.83. The third kappa shape index (κ3) is 2.38. The fraction of sp³-hybridized carbons (Fsp3) is 0.300. The molecule has 0 unspecified atom stereocenters. The number of halogens is 1. The number of hydrogen-bond donors (Lipinski definition) is 2. The normalized spacial score (nSPS) is 9.75. The molecule has 0 aromatic heterocycles. The summed E-state index contributed by atoms with van der Waals surface area (Å²) in [7, 11) is 3.03. The highest BCUT2D eigenvalue weighted by Crippen LogP contribution is 2.40. The van der Waals surface area contributed by atoms with Crippen molar-refractivity contribution in [1.82, 2.24) is 0 Å². The van der Waals surface area contributed by atoms with E-state index in [1.165, 1.54) is 14.2 Å². The lowest BCUT2D eigenvalue weighted by Crippen LogP contribution is -2.09. The highest BCUT2D eigenvalue weighted by molar-refractivity contribution is 9.10. The lowest BCUT2D eigenvalue weighted by atomic mass is 10.1. The van der Waals surface area contributed by atoms with Crippen LogP contribution in [0.3, 0.4) is 0 Å². The van der Waals surface area contributed by atoms with E-state index in [9.17, 15) is 4.79 Å². The van der Waals surface area contributed by atoms with Crippen LogP contribution < -0.4 is 14.8 Å². The van der Waals surface area contributed by atoms with Gasteiger partial charge in [0.2, 0.25) is 0 Å². The van der Waals surface area contributed by atoms with Gasteiger partial charge in [-0.25, -0.2) is 4.79 Å². The quantitative estimate of drug-likeness (QED) is 0.898. The van der Waals surface area contributed by atoms with Gasteiger partial charge in [-0.1, -0.05) is 0 Å². The number of benzene rings is 1. The summed E-state index contributed by atoms with van der Waals surface area (Å²) >= 11 is 3.28. The van der Waals surface area contributed by atoms with Gasteiger partial charge in [0.1, 0.15) is 11.5 Å². The van der Waals surface area contributed by atoms with Crippen molar-refractivity contribution in [3.8, 4) is 11.5 Å². The summed E-state index contributed by atoms with van der Waals surface area (Å²) in [5, 5.41) is 10.9. The van der Waals surface area contributed by atoms with Crippen LogP contribution in [0.5, 0.6) is 11.5 Å². The van der Waals surface area contributed by atoms with E-state index in [0.717, 1.165) is 5.56 Å². The maximum atomic E-state index is 10.6. The largest absolute Gasteiger partial charge is 0.496 e. The average molecular weight is 290 g/mol. The SMILES string of the molecule is COc1cc(NC(=O)O)c(Br)c(OC)c1C. The zero-order valence-corrected chi connectivity index (χ0v) is 10.7. The predicted molar refractivity (Wildman–Crippen MR) is 63.6 cm³/mol. The minimum Gasteiger partial charge on any atom is -0.496 e. The molecule has 5 nitrogen and oxygen atoms in total. The molecular weight excluding hydrogens is 278 g/mol. The highest BCUT2D eigenvalue weighted by Gasteiger charge is 2.16. The zero-order chi connectivity index (χ0) is 12.3. The average Bonchev–Trinajstić information content (AvgIpc) is 2.22. The van der Waals surface area contributed by atoms with E-state index < -0.39 is 6.09 Å². The number of hydrogen-bond acceptors (Lipinski definition) is 3. The summed E-state index contributed by atoms with van der Waals surface area (Å²) < 4.78 is 10.9. The second-order valence-corrected chi connectivity index (χ2v) is 3.82. The van der Waals surface area contributed by atoms with Gasteiger partial charge in [-0.05, 0) is 22.9 Å². The van der Waals surface area contributed by atoms with Gasteiger partial charge in [0, 0.05) is 11.6 Å². The Morgan fingerprint density at radius 1 is 1.44 bits per heavy atom. The Bertz CT molecular complexity index is 420. The van der Waals surface area contributed by atoms with Gasteiger partial charge in [0.15, 0.2) is 0 Å². The number of rotatable bonds is 3. The van der Waals surface area contributed by atoms with Crippen molar-refractivity contribution < 1.29 is 19.4 Å². The van der Waals surface area contributed by atoms with Crippen LogP contribution in [0.1, 0.15) is 5.56 Å². The number of anilines is 1. The third-order valence-corrected chi connectivity index (χ3v) is 2.87. The fourth-order valence-electron chi connectivity index (χ4n) is 1.36. The maximum absolute atomic E-state index is 10.6. The molecule has 0 atom stereocenters. The Hall–Kier alpha value is -1.43. The van der Waals surface area contributed by atoms with Crippen LogP contribution in [-0.2, 0) is 0 Å². The van der Waals surface area contributed by atoms with Gasteiger partial charge in [0.05, 0.1) is 24.4 Å². The van der Waals surface area contributed by atoms with Crippen LogP contribution in [0.25, 0.3) is 0 Å². The van der Waals surface area contributed by atoms with Gasteiger partial charge in [0.25, 0.3) is 0 Å². The summed E-state index contributed by atoms with van der Waals surface area (Å²) in [4.78, 5) is 10.6. The van der Waals surface area contributed by atoms with Crippen LogP contribution in [0, 0.1) is 6.92 Å². The maximum Gasteiger partial charge on any atom is 0.409 e. The van der Waals surface area contributed by atoms with Crippen LogP contribution in [0.4, 0.5) is 10.5 Å². The number of carboxylic acid groups (broad SMARTS) is 1. The standard InChI is InChI=1S/C10H12BrNO4/c1-5-7(15-2)4-6(12-10(13)14)8(11)9(5)16-3/h4,12H,1-3H3,(H,13,14). The van der Waals surface area contributed by atoms with Crippen LogP contribution in [0.2, 0.25) is 0 Å². The van der Waals surface area contributed by atoms with Crippen LogP contribution in [-0.4, -0.2) is 25.4 Å². The molecule has 1 aromatic rings. The van der Waals surface area contributed by atoms with Gasteiger partial charge < -0.3 is 14.6 Å². The summed E-state index contributed by atoms with van der Waals surface area (Å²) in [6.07, 6.45) is -1.14. The number of nitrogens with one attached hydrogen (secondary N) is 1. The molecule has 16 heavy (non-hydrogen) atoms. The lowest BCUT2D eigenvalue weighted by molar-refractivity contribution is 0.209. The van der Waals surface area contributed by atoms with Crippen molar-refractivity contribution in [2.75, 3.05) is 19.5 Å². The van der Waals surface area contributed by atoms with Crippen molar-refractivity contribution in [3.05, 3.63) is 16.1 Å².